The monoisotopic (exact) mass is 486 g/mol. The Morgan fingerprint density at radius 3 is 1.33 bits per heavy atom. The Morgan fingerprint density at radius 2 is 0.944 bits per heavy atom. The Balaban J connectivity index is 1.50. The topological polar surface area (TPSA) is 105 Å². The van der Waals surface area contributed by atoms with Crippen LogP contribution < -0.4 is 0 Å². The van der Waals surface area contributed by atoms with Crippen LogP contribution in [0.1, 0.15) is 79.8 Å². The predicted molar refractivity (Wildman–Crippen MR) is 125 cm³/mol. The van der Waals surface area contributed by atoms with Crippen molar-refractivity contribution in [3.05, 3.63) is 105 Å². The van der Waals surface area contributed by atoms with Gasteiger partial charge in [-0.3, -0.25) is 9.59 Å². The number of hydrogen-bond acceptors (Lipinski definition) is 8. The SMILES string of the molecule is CC(=O)OCOC(=O)c1ccc2c(c1)[C@@H]1c3ccccc3[C@H]2c2cc(C(=O)OCOC(C)=O)ccc21. The fourth-order valence-corrected chi connectivity index (χ4v) is 4.97. The molecule has 0 saturated heterocycles. The van der Waals surface area contributed by atoms with Crippen LogP contribution in [-0.4, -0.2) is 37.5 Å². The van der Waals surface area contributed by atoms with E-state index < -0.39 is 37.5 Å². The highest BCUT2D eigenvalue weighted by Crippen LogP contribution is 2.55. The molecule has 2 atom stereocenters. The third kappa shape index (κ3) is 4.11. The average Bonchev–Trinajstić information content (AvgIpc) is 2.87. The van der Waals surface area contributed by atoms with Gasteiger partial charge in [0.2, 0.25) is 13.6 Å². The summed E-state index contributed by atoms with van der Waals surface area (Å²) in [7, 11) is 0. The number of carbonyl (C=O) groups is 4. The van der Waals surface area contributed by atoms with Gasteiger partial charge in [-0.05, 0) is 57.6 Å². The van der Waals surface area contributed by atoms with Gasteiger partial charge < -0.3 is 18.9 Å². The Kier molecular flexibility index (Phi) is 6.01. The van der Waals surface area contributed by atoms with Crippen LogP contribution in [0.3, 0.4) is 0 Å². The van der Waals surface area contributed by atoms with Gasteiger partial charge in [0.15, 0.2) is 0 Å². The normalized spacial score (nSPS) is 16.2. The second kappa shape index (κ2) is 9.30. The second-order valence-electron chi connectivity index (χ2n) is 8.55. The Morgan fingerprint density at radius 1 is 0.556 bits per heavy atom. The fraction of sp³-hybridized carbons (Fsp3) is 0.214. The summed E-state index contributed by atoms with van der Waals surface area (Å²) in [6, 6.07) is 18.9. The van der Waals surface area contributed by atoms with Crippen LogP contribution in [0.2, 0.25) is 0 Å². The summed E-state index contributed by atoms with van der Waals surface area (Å²) in [6.45, 7) is 1.59. The molecule has 3 aliphatic carbocycles. The van der Waals surface area contributed by atoms with Gasteiger partial charge in [-0.1, -0.05) is 36.4 Å². The molecule has 3 aromatic rings. The number of esters is 4. The summed E-state index contributed by atoms with van der Waals surface area (Å²) < 4.78 is 19.6. The van der Waals surface area contributed by atoms with Crippen molar-refractivity contribution in [3.63, 3.8) is 0 Å². The highest BCUT2D eigenvalue weighted by molar-refractivity contribution is 5.91. The molecule has 3 aromatic carbocycles. The van der Waals surface area contributed by atoms with Crippen molar-refractivity contribution in [1.29, 1.82) is 0 Å². The first-order chi connectivity index (χ1) is 17.3. The zero-order valence-corrected chi connectivity index (χ0v) is 19.6. The Hall–Kier alpha value is -4.46. The fourth-order valence-electron chi connectivity index (χ4n) is 4.97. The standard InChI is InChI=1S/C28H22O8/c1-15(29)33-13-35-27(31)17-7-9-21-23(11-17)25-19-5-3-4-6-20(19)26(21)24-12-18(8-10-22(24)25)28(32)36-14-34-16(2)30/h3-12,25-26H,13-14H2,1-2H3/t25-,26-/m1/s1. The van der Waals surface area contributed by atoms with E-state index in [2.05, 4.69) is 12.1 Å². The number of carbonyl (C=O) groups excluding carboxylic acids is 4. The Bertz CT molecular complexity index is 1300. The molecule has 6 rings (SSSR count). The number of ether oxygens (including phenoxy) is 4. The van der Waals surface area contributed by atoms with Gasteiger partial charge in [-0.2, -0.15) is 0 Å². The maximum Gasteiger partial charge on any atom is 0.341 e. The predicted octanol–water partition coefficient (Wildman–Crippen LogP) is 4.03. The first-order valence-electron chi connectivity index (χ1n) is 11.3. The molecule has 2 bridgehead atoms. The highest BCUT2D eigenvalue weighted by Gasteiger charge is 2.41. The summed E-state index contributed by atoms with van der Waals surface area (Å²) in [4.78, 5) is 47.0. The molecular weight excluding hydrogens is 464 g/mol. The van der Waals surface area contributed by atoms with Crippen LogP contribution in [0.5, 0.6) is 0 Å². The lowest BCUT2D eigenvalue weighted by Gasteiger charge is -2.42. The number of benzene rings is 3. The molecular formula is C28H22O8. The minimum atomic E-state index is -0.583. The zero-order valence-electron chi connectivity index (χ0n) is 19.6. The summed E-state index contributed by atoms with van der Waals surface area (Å²) in [5, 5.41) is 0. The third-order valence-electron chi connectivity index (χ3n) is 6.41. The van der Waals surface area contributed by atoms with Gasteiger partial charge in [0.25, 0.3) is 0 Å². The summed E-state index contributed by atoms with van der Waals surface area (Å²) in [5.74, 6) is -2.51. The van der Waals surface area contributed by atoms with Crippen LogP contribution in [0, 0.1) is 0 Å². The van der Waals surface area contributed by atoms with E-state index in [-0.39, 0.29) is 11.8 Å². The minimum absolute atomic E-state index is 0.136. The van der Waals surface area contributed by atoms with Crippen molar-refractivity contribution in [2.75, 3.05) is 13.6 Å². The largest absolute Gasteiger partial charge is 0.428 e. The first-order valence-corrected chi connectivity index (χ1v) is 11.3. The van der Waals surface area contributed by atoms with Crippen molar-refractivity contribution >= 4 is 23.9 Å². The molecule has 0 heterocycles. The second-order valence-corrected chi connectivity index (χ2v) is 8.55. The van der Waals surface area contributed by atoms with E-state index in [1.165, 1.54) is 13.8 Å². The van der Waals surface area contributed by atoms with E-state index in [0.717, 1.165) is 33.4 Å². The summed E-state index contributed by atoms with van der Waals surface area (Å²) in [5.41, 5.74) is 7.03. The van der Waals surface area contributed by atoms with Gasteiger partial charge in [0, 0.05) is 25.7 Å². The number of hydrogen-bond donors (Lipinski definition) is 0. The van der Waals surface area contributed by atoms with Crippen LogP contribution in [-0.2, 0) is 28.5 Å². The van der Waals surface area contributed by atoms with E-state index in [4.69, 9.17) is 18.9 Å². The van der Waals surface area contributed by atoms with Crippen molar-refractivity contribution < 1.29 is 38.1 Å². The lowest BCUT2D eigenvalue weighted by Crippen LogP contribution is -2.28. The van der Waals surface area contributed by atoms with Crippen LogP contribution >= 0.6 is 0 Å². The third-order valence-corrected chi connectivity index (χ3v) is 6.41. The molecule has 0 fully saturated rings. The van der Waals surface area contributed by atoms with Gasteiger partial charge in [0.05, 0.1) is 11.1 Å². The van der Waals surface area contributed by atoms with E-state index in [1.54, 1.807) is 12.1 Å². The maximum absolute atomic E-state index is 12.6. The lowest BCUT2D eigenvalue weighted by molar-refractivity contribution is -0.150. The van der Waals surface area contributed by atoms with Crippen LogP contribution in [0.25, 0.3) is 0 Å². The summed E-state index contributed by atoms with van der Waals surface area (Å²) in [6.07, 6.45) is 0. The molecule has 3 aliphatic rings. The molecule has 0 spiro atoms. The van der Waals surface area contributed by atoms with E-state index >= 15 is 0 Å². The molecule has 0 aliphatic heterocycles. The van der Waals surface area contributed by atoms with Crippen molar-refractivity contribution in [2.24, 2.45) is 0 Å². The maximum atomic E-state index is 12.6. The van der Waals surface area contributed by atoms with Crippen LogP contribution in [0.4, 0.5) is 0 Å². The highest BCUT2D eigenvalue weighted by atomic mass is 16.7. The summed E-state index contributed by atoms with van der Waals surface area (Å²) >= 11 is 0. The van der Waals surface area contributed by atoms with Gasteiger partial charge in [-0.25, -0.2) is 9.59 Å². The van der Waals surface area contributed by atoms with Gasteiger partial charge in [0.1, 0.15) is 0 Å². The molecule has 8 heteroatoms. The molecule has 0 N–H and O–H groups in total. The van der Waals surface area contributed by atoms with Crippen molar-refractivity contribution in [2.45, 2.75) is 25.7 Å². The minimum Gasteiger partial charge on any atom is -0.428 e. The molecule has 0 saturated carbocycles. The van der Waals surface area contributed by atoms with E-state index in [1.807, 2.05) is 36.4 Å². The number of rotatable bonds is 6. The van der Waals surface area contributed by atoms with E-state index in [0.29, 0.717) is 11.1 Å². The first kappa shape index (κ1) is 23.3. The average molecular weight is 486 g/mol. The molecule has 182 valence electrons. The van der Waals surface area contributed by atoms with Crippen molar-refractivity contribution in [1.82, 2.24) is 0 Å². The molecule has 0 radical (unpaired) electrons. The van der Waals surface area contributed by atoms with Gasteiger partial charge in [-0.15, -0.1) is 0 Å². The smallest absolute Gasteiger partial charge is 0.341 e. The van der Waals surface area contributed by atoms with Crippen LogP contribution in [0.15, 0.2) is 60.7 Å². The molecule has 8 nitrogen and oxygen atoms in total. The quantitative estimate of drug-likeness (QED) is 0.262. The zero-order chi connectivity index (χ0) is 25.4. The lowest BCUT2D eigenvalue weighted by atomic mass is 9.61. The molecule has 0 amide bonds. The van der Waals surface area contributed by atoms with E-state index in [9.17, 15) is 19.2 Å². The van der Waals surface area contributed by atoms with Gasteiger partial charge >= 0.3 is 23.9 Å². The molecule has 0 aromatic heterocycles. The Labute approximate surface area is 206 Å². The van der Waals surface area contributed by atoms with Crippen molar-refractivity contribution in [3.8, 4) is 0 Å². The molecule has 0 unspecified atom stereocenters. The molecule has 36 heavy (non-hydrogen) atoms.